The van der Waals surface area contributed by atoms with Crippen molar-refractivity contribution in [2.75, 3.05) is 0 Å². The summed E-state index contributed by atoms with van der Waals surface area (Å²) in [6, 6.07) is 7.93. The Morgan fingerprint density at radius 3 is 2.39 bits per heavy atom. The number of sulfonamides is 1. The highest BCUT2D eigenvalue weighted by Crippen LogP contribution is 2.39. The van der Waals surface area contributed by atoms with E-state index in [9.17, 15) is 8.42 Å². The van der Waals surface area contributed by atoms with Crippen LogP contribution in [0.5, 0.6) is 0 Å². The average Bonchev–Trinajstić information content (AvgIpc) is 3.13. The van der Waals surface area contributed by atoms with Crippen molar-refractivity contribution in [1.82, 2.24) is 4.72 Å². The first kappa shape index (κ1) is 13.3. The van der Waals surface area contributed by atoms with Crippen molar-refractivity contribution in [3.8, 4) is 6.07 Å². The summed E-state index contributed by atoms with van der Waals surface area (Å²) in [6.07, 6.45) is 1.76. The maximum absolute atomic E-state index is 12.1. The van der Waals surface area contributed by atoms with Crippen LogP contribution >= 0.6 is 11.6 Å². The molecule has 0 bridgehead atoms. The zero-order valence-corrected chi connectivity index (χ0v) is 11.4. The maximum Gasteiger partial charge on any atom is 0.241 e. The number of benzene rings is 1. The zero-order valence-electron chi connectivity index (χ0n) is 9.85. The molecule has 1 N–H and O–H groups in total. The predicted molar refractivity (Wildman–Crippen MR) is 68.5 cm³/mol. The minimum Gasteiger partial charge on any atom is -0.207 e. The lowest BCUT2D eigenvalue weighted by molar-refractivity contribution is 0.458. The van der Waals surface area contributed by atoms with Crippen LogP contribution in [0.2, 0.25) is 5.02 Å². The standard InChI is InChI=1S/C12H13ClN2O2S/c1-12(8-14,9-2-3-9)15-18(16,17)11-6-4-10(13)5-7-11/h4-7,9,15H,2-3H2,1H3/t12-/m1/s1. The Morgan fingerprint density at radius 2 is 1.94 bits per heavy atom. The van der Waals surface area contributed by atoms with E-state index in [2.05, 4.69) is 10.8 Å². The number of rotatable bonds is 4. The number of hydrogen-bond acceptors (Lipinski definition) is 3. The van der Waals surface area contributed by atoms with Crippen LogP contribution < -0.4 is 4.72 Å². The van der Waals surface area contributed by atoms with E-state index in [0.29, 0.717) is 5.02 Å². The van der Waals surface area contributed by atoms with Gasteiger partial charge in [0, 0.05) is 5.02 Å². The second-order valence-electron chi connectivity index (χ2n) is 4.65. The fourth-order valence-corrected chi connectivity index (χ4v) is 3.32. The van der Waals surface area contributed by atoms with Crippen molar-refractivity contribution in [2.45, 2.75) is 30.2 Å². The molecule has 4 nitrogen and oxygen atoms in total. The summed E-state index contributed by atoms with van der Waals surface area (Å²) < 4.78 is 26.8. The van der Waals surface area contributed by atoms with E-state index in [1.54, 1.807) is 6.92 Å². The minimum absolute atomic E-state index is 0.101. The van der Waals surface area contributed by atoms with Crippen LogP contribution in [0.25, 0.3) is 0 Å². The van der Waals surface area contributed by atoms with E-state index in [1.807, 2.05) is 0 Å². The van der Waals surface area contributed by atoms with Crippen LogP contribution in [-0.2, 0) is 10.0 Å². The molecule has 1 atom stereocenters. The molecule has 1 aromatic rings. The molecule has 0 aliphatic heterocycles. The lowest BCUT2D eigenvalue weighted by Crippen LogP contribution is -2.46. The molecular formula is C12H13ClN2O2S. The van der Waals surface area contributed by atoms with Gasteiger partial charge in [-0.3, -0.25) is 0 Å². The van der Waals surface area contributed by atoms with Gasteiger partial charge >= 0.3 is 0 Å². The molecule has 0 unspecified atom stereocenters. The summed E-state index contributed by atoms with van der Waals surface area (Å²) in [5.74, 6) is 0.101. The number of hydrogen-bond donors (Lipinski definition) is 1. The highest BCUT2D eigenvalue weighted by molar-refractivity contribution is 7.89. The normalized spacial score (nSPS) is 18.9. The molecule has 1 fully saturated rings. The largest absolute Gasteiger partial charge is 0.241 e. The van der Waals surface area contributed by atoms with Crippen LogP contribution in [-0.4, -0.2) is 14.0 Å². The molecule has 1 saturated carbocycles. The summed E-state index contributed by atoms with van der Waals surface area (Å²) in [6.45, 7) is 1.62. The lowest BCUT2D eigenvalue weighted by atomic mass is 10.0. The van der Waals surface area contributed by atoms with Crippen molar-refractivity contribution in [2.24, 2.45) is 5.92 Å². The van der Waals surface area contributed by atoms with Crippen molar-refractivity contribution < 1.29 is 8.42 Å². The van der Waals surface area contributed by atoms with Crippen LogP contribution in [0, 0.1) is 17.2 Å². The second kappa shape index (κ2) is 4.54. The molecule has 0 aromatic heterocycles. The maximum atomic E-state index is 12.1. The Hall–Kier alpha value is -1.09. The SMILES string of the molecule is C[C@](C#N)(NS(=O)(=O)c1ccc(Cl)cc1)C1CC1. The van der Waals surface area contributed by atoms with E-state index in [-0.39, 0.29) is 10.8 Å². The summed E-state index contributed by atoms with van der Waals surface area (Å²) >= 11 is 5.72. The predicted octanol–water partition coefficient (Wildman–Crippen LogP) is 2.31. The van der Waals surface area contributed by atoms with Gasteiger partial charge < -0.3 is 0 Å². The summed E-state index contributed by atoms with van der Waals surface area (Å²) in [5.41, 5.74) is -1.03. The van der Waals surface area contributed by atoms with Crippen LogP contribution in [0.4, 0.5) is 0 Å². The van der Waals surface area contributed by atoms with Gasteiger partial charge in [-0.05, 0) is 49.9 Å². The Kier molecular flexibility index (Phi) is 3.37. The second-order valence-corrected chi connectivity index (χ2v) is 6.77. The Balaban J connectivity index is 2.27. The van der Waals surface area contributed by atoms with Crippen molar-refractivity contribution in [3.63, 3.8) is 0 Å². The zero-order chi connectivity index (χ0) is 13.4. The van der Waals surface area contributed by atoms with Gasteiger partial charge in [-0.2, -0.15) is 9.98 Å². The topological polar surface area (TPSA) is 70.0 Å². The van der Waals surface area contributed by atoms with Crippen LogP contribution in [0.3, 0.4) is 0 Å². The summed E-state index contributed by atoms with van der Waals surface area (Å²) in [5, 5.41) is 9.62. The van der Waals surface area contributed by atoms with Gasteiger partial charge in [0.1, 0.15) is 5.54 Å². The minimum atomic E-state index is -3.68. The first-order valence-corrected chi connectivity index (χ1v) is 7.44. The molecule has 0 amide bonds. The monoisotopic (exact) mass is 284 g/mol. The van der Waals surface area contributed by atoms with Crippen molar-refractivity contribution >= 4 is 21.6 Å². The number of nitrogens with one attached hydrogen (secondary N) is 1. The average molecular weight is 285 g/mol. The highest BCUT2D eigenvalue weighted by Gasteiger charge is 2.44. The molecule has 96 valence electrons. The van der Waals surface area contributed by atoms with Crippen molar-refractivity contribution in [3.05, 3.63) is 29.3 Å². The molecule has 6 heteroatoms. The molecule has 2 rings (SSSR count). The van der Waals surface area contributed by atoms with Gasteiger partial charge in [0.2, 0.25) is 10.0 Å². The quantitative estimate of drug-likeness (QED) is 0.922. The molecule has 0 saturated heterocycles. The summed E-state index contributed by atoms with van der Waals surface area (Å²) in [4.78, 5) is 0.119. The van der Waals surface area contributed by atoms with Crippen LogP contribution in [0.1, 0.15) is 19.8 Å². The Bertz CT molecular complexity index is 587. The molecule has 18 heavy (non-hydrogen) atoms. The van der Waals surface area contributed by atoms with Gasteiger partial charge in [-0.1, -0.05) is 11.6 Å². The lowest BCUT2D eigenvalue weighted by Gasteiger charge is -2.22. The highest BCUT2D eigenvalue weighted by atomic mass is 35.5. The fourth-order valence-electron chi connectivity index (χ4n) is 1.81. The Labute approximate surface area is 112 Å². The smallest absolute Gasteiger partial charge is 0.207 e. The molecule has 1 aliphatic rings. The van der Waals surface area contributed by atoms with Crippen molar-refractivity contribution in [1.29, 1.82) is 5.26 Å². The molecule has 1 aliphatic carbocycles. The van der Waals surface area contributed by atoms with Gasteiger partial charge in [0.15, 0.2) is 0 Å². The fraction of sp³-hybridized carbons (Fsp3) is 0.417. The van der Waals surface area contributed by atoms with Gasteiger partial charge in [0.05, 0.1) is 11.0 Å². The molecule has 0 radical (unpaired) electrons. The van der Waals surface area contributed by atoms with Crippen LogP contribution in [0.15, 0.2) is 29.2 Å². The molecule has 0 heterocycles. The number of halogens is 1. The Morgan fingerprint density at radius 1 is 1.39 bits per heavy atom. The van der Waals surface area contributed by atoms with E-state index in [0.717, 1.165) is 12.8 Å². The first-order valence-electron chi connectivity index (χ1n) is 5.58. The summed E-state index contributed by atoms with van der Waals surface area (Å²) in [7, 11) is -3.68. The van der Waals surface area contributed by atoms with Gasteiger partial charge in [-0.25, -0.2) is 8.42 Å². The molecule has 1 aromatic carbocycles. The van der Waals surface area contributed by atoms with E-state index in [4.69, 9.17) is 16.9 Å². The third kappa shape index (κ3) is 2.66. The number of nitriles is 1. The van der Waals surface area contributed by atoms with E-state index in [1.165, 1.54) is 24.3 Å². The molecular weight excluding hydrogens is 272 g/mol. The van der Waals surface area contributed by atoms with E-state index < -0.39 is 15.6 Å². The molecule has 0 spiro atoms. The number of nitrogens with zero attached hydrogens (tertiary/aromatic N) is 1. The van der Waals surface area contributed by atoms with E-state index >= 15 is 0 Å². The first-order chi connectivity index (χ1) is 8.37. The third-order valence-corrected chi connectivity index (χ3v) is 4.93. The van der Waals surface area contributed by atoms with Gasteiger partial charge in [-0.15, -0.1) is 0 Å². The third-order valence-electron chi connectivity index (χ3n) is 3.10. The van der Waals surface area contributed by atoms with Gasteiger partial charge in [0.25, 0.3) is 0 Å².